The van der Waals surface area contributed by atoms with Gasteiger partial charge >= 0.3 is 0 Å². The van der Waals surface area contributed by atoms with Gasteiger partial charge in [0.1, 0.15) is 0 Å². The van der Waals surface area contributed by atoms with Gasteiger partial charge in [-0.05, 0) is 31.5 Å². The molecule has 0 bridgehead atoms. The Balaban J connectivity index is 2.50. The van der Waals surface area contributed by atoms with E-state index in [1.807, 2.05) is 19.1 Å². The normalized spacial score (nSPS) is 29.1. The van der Waals surface area contributed by atoms with Gasteiger partial charge < -0.3 is 5.32 Å². The van der Waals surface area contributed by atoms with Crippen LogP contribution in [-0.2, 0) is 10.8 Å². The standard InChI is InChI=1S/C12H17NOS/c1-4-13-11-9(3)15(14)12-8(2)6-5-7-10(11)12/h5-7,9,11,13H,4H2,1-3H3. The molecule has 2 nitrogen and oxygen atoms in total. The van der Waals surface area contributed by atoms with Crippen molar-refractivity contribution in [1.82, 2.24) is 5.32 Å². The number of nitrogens with one attached hydrogen (secondary N) is 1. The van der Waals surface area contributed by atoms with Crippen molar-refractivity contribution in [2.24, 2.45) is 0 Å². The summed E-state index contributed by atoms with van der Waals surface area (Å²) in [4.78, 5) is 1.05. The maximum absolute atomic E-state index is 12.2. The van der Waals surface area contributed by atoms with E-state index < -0.39 is 10.8 Å². The predicted molar refractivity (Wildman–Crippen MR) is 63.5 cm³/mol. The highest BCUT2D eigenvalue weighted by Gasteiger charge is 2.35. The third-order valence-corrected chi connectivity index (χ3v) is 4.92. The molecule has 0 spiro atoms. The van der Waals surface area contributed by atoms with Crippen LogP contribution in [0.5, 0.6) is 0 Å². The molecule has 15 heavy (non-hydrogen) atoms. The van der Waals surface area contributed by atoms with Crippen LogP contribution in [0.4, 0.5) is 0 Å². The zero-order valence-electron chi connectivity index (χ0n) is 9.41. The minimum Gasteiger partial charge on any atom is -0.309 e. The first kappa shape index (κ1) is 10.8. The van der Waals surface area contributed by atoms with E-state index in [1.165, 1.54) is 5.56 Å². The van der Waals surface area contributed by atoms with Crippen LogP contribution in [0.3, 0.4) is 0 Å². The first-order chi connectivity index (χ1) is 7.16. The van der Waals surface area contributed by atoms with Gasteiger partial charge in [-0.2, -0.15) is 0 Å². The Morgan fingerprint density at radius 2 is 2.20 bits per heavy atom. The smallest absolute Gasteiger partial charge is 0.0583 e. The van der Waals surface area contributed by atoms with Crippen LogP contribution in [0.25, 0.3) is 0 Å². The lowest BCUT2D eigenvalue weighted by molar-refractivity contribution is 0.546. The van der Waals surface area contributed by atoms with Crippen molar-refractivity contribution >= 4 is 10.8 Å². The second-order valence-corrected chi connectivity index (χ2v) is 5.78. The summed E-state index contributed by atoms with van der Waals surface area (Å²) in [6, 6.07) is 6.44. The van der Waals surface area contributed by atoms with Crippen LogP contribution in [0.1, 0.15) is 31.0 Å². The van der Waals surface area contributed by atoms with Crippen LogP contribution in [-0.4, -0.2) is 16.0 Å². The van der Waals surface area contributed by atoms with E-state index in [4.69, 9.17) is 0 Å². The average molecular weight is 223 g/mol. The molecule has 1 N–H and O–H groups in total. The van der Waals surface area contributed by atoms with Crippen LogP contribution in [0, 0.1) is 6.92 Å². The average Bonchev–Trinajstić information content (AvgIpc) is 2.45. The molecule has 0 radical (unpaired) electrons. The maximum Gasteiger partial charge on any atom is 0.0583 e. The van der Waals surface area contributed by atoms with Gasteiger partial charge in [0.15, 0.2) is 0 Å². The maximum atomic E-state index is 12.2. The molecular formula is C12H17NOS. The molecule has 3 unspecified atom stereocenters. The van der Waals surface area contributed by atoms with Gasteiger partial charge in [0.05, 0.1) is 16.0 Å². The summed E-state index contributed by atoms with van der Waals surface area (Å²) in [5.74, 6) is 0. The van der Waals surface area contributed by atoms with E-state index in [9.17, 15) is 4.21 Å². The molecule has 1 aliphatic rings. The fourth-order valence-corrected chi connectivity index (χ4v) is 3.93. The summed E-state index contributed by atoms with van der Waals surface area (Å²) >= 11 is 0. The summed E-state index contributed by atoms with van der Waals surface area (Å²) < 4.78 is 12.2. The molecule has 1 aromatic carbocycles. The summed E-state index contributed by atoms with van der Waals surface area (Å²) in [6.45, 7) is 7.10. The summed E-state index contributed by atoms with van der Waals surface area (Å²) in [7, 11) is -0.848. The molecule has 0 aliphatic carbocycles. The Morgan fingerprint density at radius 1 is 1.47 bits per heavy atom. The topological polar surface area (TPSA) is 29.1 Å². The zero-order chi connectivity index (χ0) is 11.0. The highest BCUT2D eigenvalue weighted by Crippen LogP contribution is 2.37. The Hall–Kier alpha value is -0.670. The third-order valence-electron chi connectivity index (χ3n) is 3.01. The minimum atomic E-state index is -0.848. The van der Waals surface area contributed by atoms with E-state index in [0.29, 0.717) is 0 Å². The van der Waals surface area contributed by atoms with Crippen molar-refractivity contribution in [2.45, 2.75) is 37.0 Å². The molecular weight excluding hydrogens is 206 g/mol. The molecule has 0 fully saturated rings. The molecule has 3 atom stereocenters. The molecule has 0 saturated heterocycles. The predicted octanol–water partition coefficient (Wildman–Crippen LogP) is 2.16. The summed E-state index contributed by atoms with van der Waals surface area (Å²) in [5.41, 5.74) is 2.38. The van der Waals surface area contributed by atoms with E-state index in [0.717, 1.165) is 17.0 Å². The number of fused-ring (bicyclic) bond motifs is 1. The lowest BCUT2D eigenvalue weighted by Crippen LogP contribution is -2.27. The van der Waals surface area contributed by atoms with Gasteiger partial charge in [-0.15, -0.1) is 0 Å². The summed E-state index contributed by atoms with van der Waals surface area (Å²) in [6.07, 6.45) is 0. The van der Waals surface area contributed by atoms with Crippen molar-refractivity contribution < 1.29 is 4.21 Å². The van der Waals surface area contributed by atoms with Crippen LogP contribution in [0.2, 0.25) is 0 Å². The Morgan fingerprint density at radius 3 is 2.87 bits per heavy atom. The fourth-order valence-electron chi connectivity index (χ4n) is 2.25. The lowest BCUT2D eigenvalue weighted by Gasteiger charge is -2.15. The molecule has 1 aliphatic heterocycles. The lowest BCUT2D eigenvalue weighted by atomic mass is 10.0. The summed E-state index contributed by atoms with van der Waals surface area (Å²) in [5, 5.41) is 3.60. The number of hydrogen-bond donors (Lipinski definition) is 1. The Bertz CT molecular complexity index is 403. The molecule has 0 amide bonds. The molecule has 0 aromatic heterocycles. The van der Waals surface area contributed by atoms with Crippen LogP contribution < -0.4 is 5.32 Å². The SMILES string of the molecule is CCNC1c2cccc(C)c2S(=O)C1C. The molecule has 2 rings (SSSR count). The number of aryl methyl sites for hydroxylation is 1. The number of rotatable bonds is 2. The van der Waals surface area contributed by atoms with Crippen molar-refractivity contribution in [3.63, 3.8) is 0 Å². The van der Waals surface area contributed by atoms with Gasteiger partial charge in [0.25, 0.3) is 0 Å². The monoisotopic (exact) mass is 223 g/mol. The fraction of sp³-hybridized carbons (Fsp3) is 0.500. The van der Waals surface area contributed by atoms with Gasteiger partial charge in [-0.1, -0.05) is 25.1 Å². The second-order valence-electron chi connectivity index (χ2n) is 4.03. The van der Waals surface area contributed by atoms with Crippen molar-refractivity contribution in [3.8, 4) is 0 Å². The van der Waals surface area contributed by atoms with E-state index >= 15 is 0 Å². The highest BCUT2D eigenvalue weighted by molar-refractivity contribution is 7.86. The minimum absolute atomic E-state index is 0.182. The molecule has 1 aromatic rings. The quantitative estimate of drug-likeness (QED) is 0.832. The second kappa shape index (κ2) is 4.06. The van der Waals surface area contributed by atoms with Gasteiger partial charge in [-0.3, -0.25) is 4.21 Å². The van der Waals surface area contributed by atoms with Crippen molar-refractivity contribution in [1.29, 1.82) is 0 Å². The highest BCUT2D eigenvalue weighted by atomic mass is 32.2. The Labute approximate surface area is 93.5 Å². The van der Waals surface area contributed by atoms with Gasteiger partial charge in [0, 0.05) is 10.9 Å². The van der Waals surface area contributed by atoms with Crippen molar-refractivity contribution in [3.05, 3.63) is 29.3 Å². The zero-order valence-corrected chi connectivity index (χ0v) is 10.2. The third kappa shape index (κ3) is 1.64. The van der Waals surface area contributed by atoms with Gasteiger partial charge in [-0.25, -0.2) is 0 Å². The molecule has 82 valence electrons. The molecule has 1 heterocycles. The van der Waals surface area contributed by atoms with E-state index in [1.54, 1.807) is 0 Å². The van der Waals surface area contributed by atoms with Crippen LogP contribution >= 0.6 is 0 Å². The number of hydrogen-bond acceptors (Lipinski definition) is 2. The van der Waals surface area contributed by atoms with Gasteiger partial charge in [0.2, 0.25) is 0 Å². The first-order valence-corrected chi connectivity index (χ1v) is 6.61. The Kier molecular flexibility index (Phi) is 2.94. The van der Waals surface area contributed by atoms with E-state index in [-0.39, 0.29) is 11.3 Å². The first-order valence-electron chi connectivity index (χ1n) is 5.40. The largest absolute Gasteiger partial charge is 0.309 e. The van der Waals surface area contributed by atoms with Crippen molar-refractivity contribution in [2.75, 3.05) is 6.54 Å². The van der Waals surface area contributed by atoms with E-state index in [2.05, 4.69) is 25.2 Å². The molecule has 3 heteroatoms. The number of benzene rings is 1. The molecule has 0 saturated carbocycles. The van der Waals surface area contributed by atoms with Crippen LogP contribution in [0.15, 0.2) is 23.1 Å².